The molecule has 1 rings (SSSR count). The van der Waals surface area contributed by atoms with Crippen LogP contribution in [0.5, 0.6) is 0 Å². The van der Waals surface area contributed by atoms with Crippen molar-refractivity contribution in [1.82, 2.24) is 5.32 Å². The van der Waals surface area contributed by atoms with Gasteiger partial charge in [-0.25, -0.2) is 0 Å². The molecule has 90 valence electrons. The van der Waals surface area contributed by atoms with Crippen molar-refractivity contribution < 1.29 is 9.84 Å². The molecule has 1 atom stereocenters. The van der Waals surface area contributed by atoms with Crippen molar-refractivity contribution in [2.75, 3.05) is 37.9 Å². The fraction of sp³-hybridized carbons (Fsp3) is 1.00. The zero-order valence-corrected chi connectivity index (χ0v) is 10.6. The SMILES string of the molecule is CC1(C)CCSCC1NCCOCCO. The van der Waals surface area contributed by atoms with Gasteiger partial charge in [0.1, 0.15) is 0 Å². The molecule has 4 heteroatoms. The maximum Gasteiger partial charge on any atom is 0.0698 e. The molecule has 0 bridgehead atoms. The predicted octanol–water partition coefficient (Wildman–Crippen LogP) is 1.12. The Morgan fingerprint density at radius 1 is 1.47 bits per heavy atom. The number of hydrogen-bond acceptors (Lipinski definition) is 4. The van der Waals surface area contributed by atoms with E-state index in [1.807, 2.05) is 11.8 Å². The summed E-state index contributed by atoms with van der Waals surface area (Å²) < 4.78 is 5.22. The summed E-state index contributed by atoms with van der Waals surface area (Å²) >= 11 is 2.03. The largest absolute Gasteiger partial charge is 0.394 e. The molecule has 1 aliphatic heterocycles. The first-order valence-corrected chi connectivity index (χ1v) is 6.82. The number of hydrogen-bond donors (Lipinski definition) is 2. The Balaban J connectivity index is 2.13. The van der Waals surface area contributed by atoms with Gasteiger partial charge in [0.05, 0.1) is 19.8 Å². The van der Waals surface area contributed by atoms with Crippen LogP contribution >= 0.6 is 11.8 Å². The third-order valence-corrected chi connectivity index (χ3v) is 4.05. The predicted molar refractivity (Wildman–Crippen MR) is 65.4 cm³/mol. The summed E-state index contributed by atoms with van der Waals surface area (Å²) in [6.07, 6.45) is 1.28. The van der Waals surface area contributed by atoms with Gasteiger partial charge in [-0.2, -0.15) is 11.8 Å². The van der Waals surface area contributed by atoms with Gasteiger partial charge in [-0.3, -0.25) is 0 Å². The van der Waals surface area contributed by atoms with Crippen LogP contribution in [0.4, 0.5) is 0 Å². The van der Waals surface area contributed by atoms with Gasteiger partial charge in [0, 0.05) is 18.3 Å². The van der Waals surface area contributed by atoms with E-state index in [0.29, 0.717) is 24.7 Å². The molecule has 0 saturated carbocycles. The van der Waals surface area contributed by atoms with Gasteiger partial charge in [-0.1, -0.05) is 13.8 Å². The summed E-state index contributed by atoms with van der Waals surface area (Å²) in [5.41, 5.74) is 0.405. The third kappa shape index (κ3) is 4.72. The Labute approximate surface area is 97.0 Å². The van der Waals surface area contributed by atoms with Gasteiger partial charge in [-0.05, 0) is 17.6 Å². The van der Waals surface area contributed by atoms with E-state index in [-0.39, 0.29) is 6.61 Å². The smallest absolute Gasteiger partial charge is 0.0698 e. The van der Waals surface area contributed by atoms with Crippen molar-refractivity contribution in [2.45, 2.75) is 26.3 Å². The fourth-order valence-corrected chi connectivity index (χ4v) is 3.39. The van der Waals surface area contributed by atoms with Gasteiger partial charge >= 0.3 is 0 Å². The minimum absolute atomic E-state index is 0.116. The number of aliphatic hydroxyl groups excluding tert-OH is 1. The average molecular weight is 233 g/mol. The lowest BCUT2D eigenvalue weighted by Gasteiger charge is -2.38. The van der Waals surface area contributed by atoms with E-state index >= 15 is 0 Å². The van der Waals surface area contributed by atoms with Crippen molar-refractivity contribution in [3.8, 4) is 0 Å². The second kappa shape index (κ2) is 6.74. The normalized spacial score (nSPS) is 25.4. The van der Waals surface area contributed by atoms with E-state index in [1.165, 1.54) is 17.9 Å². The van der Waals surface area contributed by atoms with Gasteiger partial charge in [0.25, 0.3) is 0 Å². The van der Waals surface area contributed by atoms with Gasteiger partial charge in [-0.15, -0.1) is 0 Å². The van der Waals surface area contributed by atoms with Crippen LogP contribution in [0.2, 0.25) is 0 Å². The van der Waals surface area contributed by atoms with E-state index in [9.17, 15) is 0 Å². The number of nitrogens with one attached hydrogen (secondary N) is 1. The van der Waals surface area contributed by atoms with Crippen LogP contribution in [-0.2, 0) is 4.74 Å². The molecule has 0 aliphatic carbocycles. The Kier molecular flexibility index (Phi) is 5.97. The molecule has 0 aromatic rings. The molecule has 1 unspecified atom stereocenters. The van der Waals surface area contributed by atoms with E-state index in [2.05, 4.69) is 19.2 Å². The standard InChI is InChI=1S/C11H23NO2S/c1-11(2)3-8-15-9-10(11)12-4-6-14-7-5-13/h10,12-13H,3-9H2,1-2H3. The van der Waals surface area contributed by atoms with Gasteiger partial charge in [0.2, 0.25) is 0 Å². The molecule has 1 heterocycles. The summed E-state index contributed by atoms with van der Waals surface area (Å²) in [6.45, 7) is 6.81. The molecule has 1 saturated heterocycles. The van der Waals surface area contributed by atoms with E-state index in [0.717, 1.165) is 6.54 Å². The molecule has 1 aliphatic rings. The summed E-state index contributed by atoms with van der Waals surface area (Å²) in [4.78, 5) is 0. The highest BCUT2D eigenvalue weighted by Crippen LogP contribution is 2.33. The minimum atomic E-state index is 0.116. The molecule has 2 N–H and O–H groups in total. The summed E-state index contributed by atoms with van der Waals surface area (Å²) in [7, 11) is 0. The average Bonchev–Trinajstić information content (AvgIpc) is 2.19. The second-order valence-electron chi connectivity index (χ2n) is 4.66. The Morgan fingerprint density at radius 2 is 2.27 bits per heavy atom. The van der Waals surface area contributed by atoms with Crippen LogP contribution < -0.4 is 5.32 Å². The monoisotopic (exact) mass is 233 g/mol. The lowest BCUT2D eigenvalue weighted by atomic mass is 9.82. The highest BCUT2D eigenvalue weighted by Gasteiger charge is 2.31. The first-order valence-electron chi connectivity index (χ1n) is 5.66. The number of thioether (sulfide) groups is 1. The summed E-state index contributed by atoms with van der Waals surface area (Å²) in [6, 6.07) is 0.592. The van der Waals surface area contributed by atoms with E-state index < -0.39 is 0 Å². The molecular weight excluding hydrogens is 210 g/mol. The molecule has 0 spiro atoms. The van der Waals surface area contributed by atoms with Crippen molar-refractivity contribution in [2.24, 2.45) is 5.41 Å². The topological polar surface area (TPSA) is 41.5 Å². The minimum Gasteiger partial charge on any atom is -0.394 e. The first-order chi connectivity index (χ1) is 7.17. The molecule has 15 heavy (non-hydrogen) atoms. The Hall–Kier alpha value is 0.230. The van der Waals surface area contributed by atoms with E-state index in [1.54, 1.807) is 0 Å². The molecule has 0 aromatic carbocycles. The number of aliphatic hydroxyl groups is 1. The lowest BCUT2D eigenvalue weighted by Crippen LogP contribution is -2.47. The maximum absolute atomic E-state index is 8.55. The van der Waals surface area contributed by atoms with Gasteiger partial charge < -0.3 is 15.2 Å². The van der Waals surface area contributed by atoms with Crippen LogP contribution in [0.25, 0.3) is 0 Å². The van der Waals surface area contributed by atoms with Gasteiger partial charge in [0.15, 0.2) is 0 Å². The van der Waals surface area contributed by atoms with Crippen LogP contribution in [0.3, 0.4) is 0 Å². The van der Waals surface area contributed by atoms with Crippen molar-refractivity contribution >= 4 is 11.8 Å². The summed E-state index contributed by atoms with van der Waals surface area (Å²) in [5, 5.41) is 12.1. The molecular formula is C11H23NO2S. The number of rotatable bonds is 6. The lowest BCUT2D eigenvalue weighted by molar-refractivity contribution is 0.0895. The van der Waals surface area contributed by atoms with Crippen molar-refractivity contribution in [1.29, 1.82) is 0 Å². The molecule has 0 aromatic heterocycles. The highest BCUT2D eigenvalue weighted by molar-refractivity contribution is 7.99. The molecule has 1 fully saturated rings. The Bertz CT molecular complexity index is 176. The third-order valence-electron chi connectivity index (χ3n) is 2.99. The van der Waals surface area contributed by atoms with Crippen molar-refractivity contribution in [3.05, 3.63) is 0 Å². The first kappa shape index (κ1) is 13.3. The van der Waals surface area contributed by atoms with Crippen LogP contribution in [0.15, 0.2) is 0 Å². The van der Waals surface area contributed by atoms with E-state index in [4.69, 9.17) is 9.84 Å². The quantitative estimate of drug-likeness (QED) is 0.675. The summed E-state index contributed by atoms with van der Waals surface area (Å²) in [5.74, 6) is 2.49. The molecule has 0 radical (unpaired) electrons. The van der Waals surface area contributed by atoms with Crippen LogP contribution in [-0.4, -0.2) is 49.0 Å². The molecule has 3 nitrogen and oxygen atoms in total. The zero-order chi connectivity index (χ0) is 11.1. The van der Waals surface area contributed by atoms with Crippen molar-refractivity contribution in [3.63, 3.8) is 0 Å². The number of ether oxygens (including phenoxy) is 1. The molecule has 0 amide bonds. The van der Waals surface area contributed by atoms with Crippen LogP contribution in [0.1, 0.15) is 20.3 Å². The van der Waals surface area contributed by atoms with Crippen LogP contribution in [0, 0.1) is 5.41 Å². The second-order valence-corrected chi connectivity index (χ2v) is 5.81. The maximum atomic E-state index is 8.55. The Morgan fingerprint density at radius 3 is 2.93 bits per heavy atom. The fourth-order valence-electron chi connectivity index (χ4n) is 1.74. The zero-order valence-electron chi connectivity index (χ0n) is 9.79. The highest BCUT2D eigenvalue weighted by atomic mass is 32.2.